The van der Waals surface area contributed by atoms with Gasteiger partial charge in [-0.1, -0.05) is 12.1 Å². The number of aliphatic carboxylic acids is 1. The first-order chi connectivity index (χ1) is 10.5. The summed E-state index contributed by atoms with van der Waals surface area (Å²) in [7, 11) is 0. The summed E-state index contributed by atoms with van der Waals surface area (Å²) in [5.74, 6) is -1.46. The molecule has 0 bridgehead atoms. The van der Waals surface area contributed by atoms with E-state index in [4.69, 9.17) is 9.84 Å². The van der Waals surface area contributed by atoms with E-state index in [0.29, 0.717) is 5.56 Å². The molecule has 1 aliphatic heterocycles. The van der Waals surface area contributed by atoms with Gasteiger partial charge in [-0.3, -0.25) is 4.79 Å². The van der Waals surface area contributed by atoms with Crippen molar-refractivity contribution in [2.24, 2.45) is 0 Å². The number of hydrogen-bond donors (Lipinski definition) is 1. The molecular weight excluding hydrogens is 300 g/mol. The Morgan fingerprint density at radius 3 is 2.64 bits per heavy atom. The Bertz CT molecular complexity index is 535. The number of alkyl halides is 2. The molecule has 1 aliphatic rings. The number of amides is 1. The summed E-state index contributed by atoms with van der Waals surface area (Å²) in [6.45, 7) is -2.45. The van der Waals surface area contributed by atoms with Gasteiger partial charge in [0.05, 0.1) is 19.6 Å². The van der Waals surface area contributed by atoms with Crippen LogP contribution in [0, 0.1) is 0 Å². The molecule has 0 spiro atoms. The number of carboxylic acid groups (broad SMARTS) is 1. The molecule has 0 aliphatic carbocycles. The smallest absolute Gasteiger partial charge is 0.387 e. The van der Waals surface area contributed by atoms with Gasteiger partial charge < -0.3 is 19.5 Å². The molecule has 1 aromatic rings. The second-order valence-electron chi connectivity index (χ2n) is 4.72. The van der Waals surface area contributed by atoms with Gasteiger partial charge in [-0.2, -0.15) is 8.78 Å². The Morgan fingerprint density at radius 1 is 1.36 bits per heavy atom. The summed E-state index contributed by atoms with van der Waals surface area (Å²) in [4.78, 5) is 24.6. The van der Waals surface area contributed by atoms with Crippen molar-refractivity contribution in [1.82, 2.24) is 4.90 Å². The number of benzene rings is 1. The minimum atomic E-state index is -2.91. The topological polar surface area (TPSA) is 76.1 Å². The minimum Gasteiger partial charge on any atom is -0.480 e. The summed E-state index contributed by atoms with van der Waals surface area (Å²) in [6.07, 6.45) is -0.0151. The fraction of sp³-hybridized carbons (Fsp3) is 0.429. The third-order valence-corrected chi connectivity index (χ3v) is 3.24. The molecule has 2 rings (SSSR count). The van der Waals surface area contributed by atoms with E-state index in [9.17, 15) is 18.4 Å². The van der Waals surface area contributed by atoms with Gasteiger partial charge in [0, 0.05) is 6.54 Å². The molecule has 1 heterocycles. The van der Waals surface area contributed by atoms with Crippen LogP contribution in [0.25, 0.3) is 0 Å². The van der Waals surface area contributed by atoms with Gasteiger partial charge >= 0.3 is 12.6 Å². The molecule has 8 heteroatoms. The van der Waals surface area contributed by atoms with E-state index in [-0.39, 0.29) is 37.8 Å². The number of carboxylic acids is 1. The number of ether oxygens (including phenoxy) is 2. The summed E-state index contributed by atoms with van der Waals surface area (Å²) in [6, 6.07) is 4.66. The summed E-state index contributed by atoms with van der Waals surface area (Å²) in [5, 5.41) is 9.08. The molecule has 1 aromatic carbocycles. The summed E-state index contributed by atoms with van der Waals surface area (Å²) in [5.41, 5.74) is 0.585. The van der Waals surface area contributed by atoms with E-state index in [1.54, 1.807) is 0 Å². The van der Waals surface area contributed by atoms with Crippen molar-refractivity contribution in [1.29, 1.82) is 0 Å². The zero-order valence-corrected chi connectivity index (χ0v) is 11.6. The van der Waals surface area contributed by atoms with E-state index < -0.39 is 18.6 Å². The number of hydrogen-bond acceptors (Lipinski definition) is 4. The Balaban J connectivity index is 1.99. The number of carbonyl (C=O) groups excluding carboxylic acids is 1. The lowest BCUT2D eigenvalue weighted by Crippen LogP contribution is -2.53. The van der Waals surface area contributed by atoms with Gasteiger partial charge in [0.15, 0.2) is 6.04 Å². The minimum absolute atomic E-state index is 0.000911. The highest BCUT2D eigenvalue weighted by Gasteiger charge is 2.32. The second-order valence-corrected chi connectivity index (χ2v) is 4.72. The molecule has 1 unspecified atom stereocenters. The van der Waals surface area contributed by atoms with Crippen LogP contribution < -0.4 is 4.74 Å². The quantitative estimate of drug-likeness (QED) is 0.882. The van der Waals surface area contributed by atoms with Gasteiger partial charge in [0.25, 0.3) is 0 Å². The van der Waals surface area contributed by atoms with Gasteiger partial charge in [0.2, 0.25) is 5.91 Å². The van der Waals surface area contributed by atoms with Gasteiger partial charge in [0.1, 0.15) is 5.75 Å². The average molecular weight is 315 g/mol. The normalized spacial score (nSPS) is 18.3. The number of morpholine rings is 1. The van der Waals surface area contributed by atoms with E-state index in [1.165, 1.54) is 29.2 Å². The highest BCUT2D eigenvalue weighted by molar-refractivity contribution is 5.85. The largest absolute Gasteiger partial charge is 0.480 e. The van der Waals surface area contributed by atoms with Crippen LogP contribution >= 0.6 is 0 Å². The lowest BCUT2D eigenvalue weighted by Gasteiger charge is -2.32. The number of carbonyl (C=O) groups is 2. The second kappa shape index (κ2) is 7.17. The van der Waals surface area contributed by atoms with E-state index >= 15 is 0 Å². The highest BCUT2D eigenvalue weighted by Crippen LogP contribution is 2.16. The number of rotatable bonds is 5. The van der Waals surface area contributed by atoms with Crippen LogP contribution in [0.5, 0.6) is 5.75 Å². The molecule has 1 atom stereocenters. The number of halogens is 2. The third-order valence-electron chi connectivity index (χ3n) is 3.24. The van der Waals surface area contributed by atoms with Crippen LogP contribution in [0.4, 0.5) is 8.78 Å². The molecule has 1 saturated heterocycles. The van der Waals surface area contributed by atoms with Crippen molar-refractivity contribution in [3.8, 4) is 5.75 Å². The monoisotopic (exact) mass is 315 g/mol. The maximum absolute atomic E-state index is 12.2. The fourth-order valence-corrected chi connectivity index (χ4v) is 2.17. The van der Waals surface area contributed by atoms with Gasteiger partial charge in [-0.25, -0.2) is 4.79 Å². The van der Waals surface area contributed by atoms with Gasteiger partial charge in [-0.15, -0.1) is 0 Å². The highest BCUT2D eigenvalue weighted by atomic mass is 19.3. The van der Waals surface area contributed by atoms with Crippen LogP contribution in [0.2, 0.25) is 0 Å². The van der Waals surface area contributed by atoms with E-state index in [1.807, 2.05) is 0 Å². The molecule has 0 radical (unpaired) electrons. The third kappa shape index (κ3) is 4.14. The van der Waals surface area contributed by atoms with Crippen LogP contribution in [0.15, 0.2) is 24.3 Å². The zero-order valence-electron chi connectivity index (χ0n) is 11.6. The first-order valence-electron chi connectivity index (χ1n) is 6.61. The van der Waals surface area contributed by atoms with Crippen LogP contribution in [0.1, 0.15) is 5.56 Å². The Labute approximate surface area is 125 Å². The standard InChI is InChI=1S/C14H15F2NO5/c15-14(16)22-10-3-1-9(2-4-10)7-12(18)17-5-6-21-8-11(17)13(19)20/h1-4,11,14H,5-8H2,(H,19,20). The first-order valence-corrected chi connectivity index (χ1v) is 6.61. The molecule has 1 N–H and O–H groups in total. The van der Waals surface area contributed by atoms with Gasteiger partial charge in [-0.05, 0) is 17.7 Å². The first kappa shape index (κ1) is 16.2. The van der Waals surface area contributed by atoms with Crippen LogP contribution in [-0.4, -0.2) is 54.3 Å². The molecule has 0 aromatic heterocycles. The molecule has 1 amide bonds. The van der Waals surface area contributed by atoms with Crippen molar-refractivity contribution < 1.29 is 33.0 Å². The predicted molar refractivity (Wildman–Crippen MR) is 70.7 cm³/mol. The molecule has 1 fully saturated rings. The average Bonchev–Trinajstić information content (AvgIpc) is 2.48. The zero-order chi connectivity index (χ0) is 16.1. The number of nitrogens with zero attached hydrogens (tertiary/aromatic N) is 1. The molecule has 6 nitrogen and oxygen atoms in total. The SMILES string of the molecule is O=C(O)C1COCCN1C(=O)Cc1ccc(OC(F)F)cc1. The van der Waals surface area contributed by atoms with E-state index in [2.05, 4.69) is 4.74 Å². The molecule has 0 saturated carbocycles. The van der Waals surface area contributed by atoms with Crippen LogP contribution in [-0.2, 0) is 20.7 Å². The lowest BCUT2D eigenvalue weighted by atomic mass is 10.1. The Kier molecular flexibility index (Phi) is 5.26. The Morgan fingerprint density at radius 2 is 2.05 bits per heavy atom. The van der Waals surface area contributed by atoms with Crippen molar-refractivity contribution in [2.75, 3.05) is 19.8 Å². The maximum Gasteiger partial charge on any atom is 0.387 e. The van der Waals surface area contributed by atoms with Crippen LogP contribution in [0.3, 0.4) is 0 Å². The lowest BCUT2D eigenvalue weighted by molar-refractivity contribution is -0.158. The molecule has 120 valence electrons. The van der Waals surface area contributed by atoms with E-state index in [0.717, 1.165) is 0 Å². The summed E-state index contributed by atoms with van der Waals surface area (Å²) < 4.78 is 33.4. The maximum atomic E-state index is 12.2. The molecule has 22 heavy (non-hydrogen) atoms. The van der Waals surface area contributed by atoms with Crippen molar-refractivity contribution in [3.63, 3.8) is 0 Å². The fourth-order valence-electron chi connectivity index (χ4n) is 2.17. The molecular formula is C14H15F2NO5. The summed E-state index contributed by atoms with van der Waals surface area (Å²) >= 11 is 0. The Hall–Kier alpha value is -2.22. The van der Waals surface area contributed by atoms with Crippen molar-refractivity contribution in [2.45, 2.75) is 19.1 Å². The predicted octanol–water partition coefficient (Wildman–Crippen LogP) is 1.14. The van der Waals surface area contributed by atoms with Crippen molar-refractivity contribution >= 4 is 11.9 Å². The van der Waals surface area contributed by atoms with Crippen molar-refractivity contribution in [3.05, 3.63) is 29.8 Å².